The minimum absolute atomic E-state index is 0.171. The van der Waals surface area contributed by atoms with Gasteiger partial charge in [-0.1, -0.05) is 11.2 Å². The van der Waals surface area contributed by atoms with E-state index in [-0.39, 0.29) is 17.8 Å². The highest BCUT2D eigenvalue weighted by atomic mass is 19.1. The number of rotatable bonds is 3. The molecule has 1 aliphatic heterocycles. The second-order valence-corrected chi connectivity index (χ2v) is 5.50. The number of primary amides is 1. The maximum Gasteiger partial charge on any atom is 0.290 e. The minimum atomic E-state index is -0.756. The van der Waals surface area contributed by atoms with Gasteiger partial charge in [0, 0.05) is 6.54 Å². The summed E-state index contributed by atoms with van der Waals surface area (Å²) in [6.07, 6.45) is 2.97. The van der Waals surface area contributed by atoms with E-state index in [1.165, 1.54) is 12.4 Å². The molecule has 1 fully saturated rings. The third kappa shape index (κ3) is 2.25. The molecule has 0 bridgehead atoms. The molecule has 24 heavy (non-hydrogen) atoms. The number of nitrogens with zero attached hydrogens (tertiary/aromatic N) is 5. The molecule has 3 aromatic rings. The first-order chi connectivity index (χ1) is 11.6. The zero-order chi connectivity index (χ0) is 16.7. The third-order valence-corrected chi connectivity index (χ3v) is 4.06. The molecule has 2 N–H and O–H groups in total. The van der Waals surface area contributed by atoms with E-state index in [9.17, 15) is 9.18 Å². The predicted octanol–water partition coefficient (Wildman–Crippen LogP) is 1.59. The van der Waals surface area contributed by atoms with Gasteiger partial charge >= 0.3 is 0 Å². The van der Waals surface area contributed by atoms with Crippen molar-refractivity contribution < 1.29 is 13.7 Å². The highest BCUT2D eigenvalue weighted by Crippen LogP contribution is 2.37. The number of carbonyl (C=O) groups is 1. The molecule has 1 saturated heterocycles. The van der Waals surface area contributed by atoms with Gasteiger partial charge in [0.25, 0.3) is 11.7 Å². The molecule has 1 amide bonds. The van der Waals surface area contributed by atoms with Crippen LogP contribution in [0.15, 0.2) is 29.0 Å². The Morgan fingerprint density at radius 3 is 3.04 bits per heavy atom. The van der Waals surface area contributed by atoms with Gasteiger partial charge in [0.1, 0.15) is 24.0 Å². The fourth-order valence-electron chi connectivity index (χ4n) is 3.02. The summed E-state index contributed by atoms with van der Waals surface area (Å²) in [4.78, 5) is 25.5. The van der Waals surface area contributed by atoms with Crippen LogP contribution in [-0.2, 0) is 0 Å². The van der Waals surface area contributed by atoms with E-state index in [1.54, 1.807) is 12.1 Å². The minimum Gasteiger partial charge on any atom is -0.363 e. The first-order valence-electron chi connectivity index (χ1n) is 7.44. The number of nitrogens with two attached hydrogens (primary N) is 1. The number of benzene rings is 1. The molecule has 0 aliphatic carbocycles. The van der Waals surface area contributed by atoms with E-state index < -0.39 is 11.7 Å². The van der Waals surface area contributed by atoms with E-state index in [2.05, 4.69) is 20.1 Å². The molecular weight excluding hydrogens is 315 g/mol. The Labute approximate surface area is 135 Å². The molecule has 2 aromatic heterocycles. The van der Waals surface area contributed by atoms with Crippen molar-refractivity contribution >= 4 is 22.6 Å². The van der Waals surface area contributed by atoms with Crippen molar-refractivity contribution in [3.8, 4) is 0 Å². The lowest BCUT2D eigenvalue weighted by atomic mass is 10.2. The normalized spacial score (nSPS) is 17.5. The quantitative estimate of drug-likeness (QED) is 0.777. The number of hydrogen-bond acceptors (Lipinski definition) is 7. The number of amides is 1. The molecule has 0 saturated carbocycles. The molecule has 9 heteroatoms. The van der Waals surface area contributed by atoms with Crippen molar-refractivity contribution in [2.75, 3.05) is 11.4 Å². The van der Waals surface area contributed by atoms with Gasteiger partial charge < -0.3 is 15.2 Å². The molecule has 0 radical (unpaired) electrons. The molecule has 122 valence electrons. The van der Waals surface area contributed by atoms with E-state index in [0.29, 0.717) is 23.3 Å². The van der Waals surface area contributed by atoms with E-state index in [0.717, 1.165) is 12.8 Å². The molecule has 0 spiro atoms. The van der Waals surface area contributed by atoms with Crippen molar-refractivity contribution in [2.24, 2.45) is 5.73 Å². The van der Waals surface area contributed by atoms with Crippen LogP contribution in [0.4, 0.5) is 10.2 Å². The van der Waals surface area contributed by atoms with Gasteiger partial charge in [-0.3, -0.25) is 4.79 Å². The highest BCUT2D eigenvalue weighted by Gasteiger charge is 2.33. The van der Waals surface area contributed by atoms with Crippen LogP contribution in [-0.4, -0.2) is 32.6 Å². The van der Waals surface area contributed by atoms with Crippen molar-refractivity contribution in [2.45, 2.75) is 18.9 Å². The summed E-state index contributed by atoms with van der Waals surface area (Å²) in [6, 6.07) is 4.42. The monoisotopic (exact) mass is 328 g/mol. The SMILES string of the molecule is NC(=O)c1noc(C2CCCN2c2ncnc3cccc(F)c23)n1. The number of aromatic nitrogens is 4. The zero-order valence-electron chi connectivity index (χ0n) is 12.5. The Morgan fingerprint density at radius 1 is 1.38 bits per heavy atom. The van der Waals surface area contributed by atoms with Gasteiger partial charge in [-0.15, -0.1) is 0 Å². The molecular formula is C15H13FN6O2. The van der Waals surface area contributed by atoms with Crippen LogP contribution in [0.25, 0.3) is 10.9 Å². The number of hydrogen-bond donors (Lipinski definition) is 1. The second kappa shape index (κ2) is 5.52. The number of fused-ring (bicyclic) bond motifs is 1. The standard InChI is InChI=1S/C15H13FN6O2/c16-8-3-1-4-9-11(8)14(19-7-18-9)22-6-2-5-10(22)15-20-13(12(17)23)21-24-15/h1,3-4,7,10H,2,5-6H2,(H2,17,23). The van der Waals surface area contributed by atoms with E-state index in [1.807, 2.05) is 4.90 Å². The summed E-state index contributed by atoms with van der Waals surface area (Å²) < 4.78 is 19.5. The topological polar surface area (TPSA) is 111 Å². The summed E-state index contributed by atoms with van der Waals surface area (Å²) in [5, 5.41) is 3.92. The predicted molar refractivity (Wildman–Crippen MR) is 81.6 cm³/mol. The van der Waals surface area contributed by atoms with Crippen LogP contribution in [0.1, 0.15) is 35.4 Å². The molecule has 8 nitrogen and oxygen atoms in total. The highest BCUT2D eigenvalue weighted by molar-refractivity contribution is 5.90. The van der Waals surface area contributed by atoms with Crippen molar-refractivity contribution in [3.05, 3.63) is 42.1 Å². The van der Waals surface area contributed by atoms with Crippen molar-refractivity contribution in [3.63, 3.8) is 0 Å². The largest absolute Gasteiger partial charge is 0.363 e. The Balaban J connectivity index is 1.79. The Bertz CT molecular complexity index is 922. The van der Waals surface area contributed by atoms with Crippen molar-refractivity contribution in [1.29, 1.82) is 0 Å². The Hall–Kier alpha value is -3.10. The maximum absolute atomic E-state index is 14.3. The molecule has 3 heterocycles. The van der Waals surface area contributed by atoms with Gasteiger partial charge in [0.2, 0.25) is 5.89 Å². The van der Waals surface area contributed by atoms with Crippen LogP contribution in [0.5, 0.6) is 0 Å². The van der Waals surface area contributed by atoms with Crippen molar-refractivity contribution in [1.82, 2.24) is 20.1 Å². The van der Waals surface area contributed by atoms with Crippen LogP contribution in [0.2, 0.25) is 0 Å². The summed E-state index contributed by atoms with van der Waals surface area (Å²) in [5.41, 5.74) is 5.68. The Morgan fingerprint density at radius 2 is 2.25 bits per heavy atom. The molecule has 1 aliphatic rings. The average molecular weight is 328 g/mol. The second-order valence-electron chi connectivity index (χ2n) is 5.50. The molecule has 1 atom stereocenters. The summed E-state index contributed by atoms with van der Waals surface area (Å²) >= 11 is 0. The van der Waals surface area contributed by atoms with Gasteiger partial charge in [0.05, 0.1) is 10.9 Å². The summed E-state index contributed by atoms with van der Waals surface area (Å²) in [7, 11) is 0. The van der Waals surface area contributed by atoms with Gasteiger partial charge in [0.15, 0.2) is 0 Å². The van der Waals surface area contributed by atoms with Crippen LogP contribution in [0, 0.1) is 5.82 Å². The fourth-order valence-corrected chi connectivity index (χ4v) is 3.02. The van der Waals surface area contributed by atoms with Gasteiger partial charge in [-0.2, -0.15) is 4.98 Å². The molecule has 1 aromatic carbocycles. The molecule has 4 rings (SSSR count). The first kappa shape index (κ1) is 14.5. The van der Waals surface area contributed by atoms with E-state index in [4.69, 9.17) is 10.3 Å². The van der Waals surface area contributed by atoms with E-state index >= 15 is 0 Å². The van der Waals surface area contributed by atoms with Gasteiger partial charge in [-0.25, -0.2) is 14.4 Å². The summed E-state index contributed by atoms with van der Waals surface area (Å²) in [6.45, 7) is 0.652. The maximum atomic E-state index is 14.3. The number of anilines is 1. The van der Waals surface area contributed by atoms with Crippen LogP contribution in [0.3, 0.4) is 0 Å². The first-order valence-corrected chi connectivity index (χ1v) is 7.44. The average Bonchev–Trinajstić information content (AvgIpc) is 3.23. The lowest BCUT2D eigenvalue weighted by Crippen LogP contribution is -2.24. The van der Waals surface area contributed by atoms with Crippen LogP contribution < -0.4 is 10.6 Å². The Kier molecular flexibility index (Phi) is 3.33. The fraction of sp³-hybridized carbons (Fsp3) is 0.267. The third-order valence-electron chi connectivity index (χ3n) is 4.06. The lowest BCUT2D eigenvalue weighted by molar-refractivity contribution is 0.0987. The zero-order valence-corrected chi connectivity index (χ0v) is 12.5. The van der Waals surface area contributed by atoms with Crippen LogP contribution >= 0.6 is 0 Å². The molecule has 1 unspecified atom stereocenters. The summed E-state index contributed by atoms with van der Waals surface area (Å²) in [5.74, 6) is -0.579. The van der Waals surface area contributed by atoms with Gasteiger partial charge in [-0.05, 0) is 25.0 Å². The number of halogens is 1. The lowest BCUT2D eigenvalue weighted by Gasteiger charge is -2.24. The number of carbonyl (C=O) groups excluding carboxylic acids is 1. The smallest absolute Gasteiger partial charge is 0.290 e.